The first kappa shape index (κ1) is 26.6. The maximum Gasteiger partial charge on any atom is 1.00 e. The van der Waals surface area contributed by atoms with E-state index in [1.165, 1.54) is 0 Å². The van der Waals surface area contributed by atoms with Gasteiger partial charge in [-0.3, -0.25) is 15.0 Å². The summed E-state index contributed by atoms with van der Waals surface area (Å²) >= 11 is 0. The number of pyridine rings is 3. The fraction of sp³-hybridized carbons (Fsp3) is 0. The molecule has 176 valence electrons. The Labute approximate surface area is 280 Å². The van der Waals surface area contributed by atoms with Crippen LogP contribution >= 0.6 is 0 Å². The van der Waals surface area contributed by atoms with Crippen molar-refractivity contribution in [1.29, 1.82) is 0 Å². The molecule has 6 aromatic rings. The van der Waals surface area contributed by atoms with Crippen molar-refractivity contribution in [3.05, 3.63) is 134 Å². The minimum absolute atomic E-state index is 0. The molecule has 3 aromatic carbocycles. The van der Waals surface area contributed by atoms with Crippen LogP contribution in [-0.4, -0.2) is 15.0 Å². The molecule has 0 saturated carbocycles. The molecular formula is C33H22CsN3O. The van der Waals surface area contributed by atoms with Crippen molar-refractivity contribution in [3.63, 3.8) is 0 Å². The van der Waals surface area contributed by atoms with Crippen LogP contribution in [0.25, 0.3) is 55.8 Å². The van der Waals surface area contributed by atoms with Crippen molar-refractivity contribution in [2.24, 2.45) is 0 Å². The smallest absolute Gasteiger partial charge is 0.872 e. The van der Waals surface area contributed by atoms with Gasteiger partial charge in [-0.25, -0.2) is 0 Å². The van der Waals surface area contributed by atoms with Crippen LogP contribution in [0.2, 0.25) is 0 Å². The Morgan fingerprint density at radius 2 is 0.974 bits per heavy atom. The zero-order valence-corrected chi connectivity index (χ0v) is 27.2. The first-order chi connectivity index (χ1) is 18.3. The van der Waals surface area contributed by atoms with Crippen molar-refractivity contribution in [2.45, 2.75) is 0 Å². The Bertz CT molecular complexity index is 1640. The molecule has 4 nitrogen and oxygen atoms in total. The molecule has 0 saturated heterocycles. The topological polar surface area (TPSA) is 61.7 Å². The van der Waals surface area contributed by atoms with E-state index in [0.717, 1.165) is 38.9 Å². The fourth-order valence-corrected chi connectivity index (χ4v) is 4.49. The molecule has 3 heterocycles. The van der Waals surface area contributed by atoms with E-state index in [2.05, 4.69) is 39.2 Å². The number of aromatic nitrogens is 3. The number of hydrogen-bond donors (Lipinski definition) is 0. The second-order valence-corrected chi connectivity index (χ2v) is 8.75. The minimum Gasteiger partial charge on any atom is -0.872 e. The van der Waals surface area contributed by atoms with Gasteiger partial charge in [0.2, 0.25) is 0 Å². The Kier molecular flexibility index (Phi) is 8.54. The van der Waals surface area contributed by atoms with Gasteiger partial charge in [-0.05, 0) is 86.5 Å². The summed E-state index contributed by atoms with van der Waals surface area (Å²) < 4.78 is 0. The van der Waals surface area contributed by atoms with Crippen LogP contribution in [0.15, 0.2) is 134 Å². The van der Waals surface area contributed by atoms with E-state index in [9.17, 15) is 5.11 Å². The first-order valence-corrected chi connectivity index (χ1v) is 12.0. The molecule has 0 aliphatic heterocycles. The summed E-state index contributed by atoms with van der Waals surface area (Å²) in [5.41, 5.74) is 8.99. The van der Waals surface area contributed by atoms with Crippen LogP contribution in [0.4, 0.5) is 0 Å². The molecule has 3 aromatic heterocycles. The monoisotopic (exact) mass is 609 g/mol. The number of hydrogen-bond acceptors (Lipinski definition) is 4. The van der Waals surface area contributed by atoms with E-state index >= 15 is 0 Å². The second-order valence-electron chi connectivity index (χ2n) is 8.75. The van der Waals surface area contributed by atoms with E-state index in [0.29, 0.717) is 16.8 Å². The van der Waals surface area contributed by atoms with Crippen molar-refractivity contribution in [1.82, 2.24) is 15.0 Å². The average molecular weight is 609 g/mol. The number of rotatable bonds is 5. The summed E-state index contributed by atoms with van der Waals surface area (Å²) in [4.78, 5) is 12.9. The van der Waals surface area contributed by atoms with Crippen molar-refractivity contribution in [3.8, 4) is 61.5 Å². The molecular weight excluding hydrogens is 587 g/mol. The Morgan fingerprint density at radius 3 is 1.47 bits per heavy atom. The third kappa shape index (κ3) is 5.68. The van der Waals surface area contributed by atoms with Crippen molar-refractivity contribution < 1.29 is 74.0 Å². The molecule has 0 radical (unpaired) electrons. The Hall–Kier alpha value is -3.04. The molecule has 38 heavy (non-hydrogen) atoms. The van der Waals surface area contributed by atoms with E-state index in [1.807, 2.05) is 91.3 Å². The van der Waals surface area contributed by atoms with Crippen LogP contribution in [-0.2, 0) is 0 Å². The SMILES string of the molecule is [Cs+].[O-]c1c(-c2ccc(-c3cccnc3)cc2)cc(-c2ccc(-c3cccnc3)cc2)cc1-c1ccccn1. The predicted octanol–water partition coefficient (Wildman–Crippen LogP) is 4.28. The largest absolute Gasteiger partial charge is 1.00 e. The zero-order valence-electron chi connectivity index (χ0n) is 21.0. The normalized spacial score (nSPS) is 10.5. The maximum atomic E-state index is 13.7. The molecule has 0 bridgehead atoms. The molecule has 0 spiro atoms. The maximum absolute atomic E-state index is 13.7. The van der Waals surface area contributed by atoms with Crippen LogP contribution in [0.1, 0.15) is 0 Å². The van der Waals surface area contributed by atoms with Gasteiger partial charge in [-0.1, -0.05) is 72.5 Å². The van der Waals surface area contributed by atoms with Crippen LogP contribution in [0, 0.1) is 0 Å². The van der Waals surface area contributed by atoms with Gasteiger partial charge in [0.15, 0.2) is 0 Å². The third-order valence-corrected chi connectivity index (χ3v) is 6.43. The molecule has 0 atom stereocenters. The Balaban J connectivity index is 0.00000294. The van der Waals surface area contributed by atoms with Gasteiger partial charge >= 0.3 is 68.9 Å². The molecule has 5 heteroatoms. The second kappa shape index (κ2) is 12.2. The minimum atomic E-state index is -0.0384. The molecule has 0 amide bonds. The van der Waals surface area contributed by atoms with Gasteiger partial charge in [0, 0.05) is 31.0 Å². The predicted molar refractivity (Wildman–Crippen MR) is 146 cm³/mol. The quantitative estimate of drug-likeness (QED) is 0.293. The summed E-state index contributed by atoms with van der Waals surface area (Å²) in [5.74, 6) is -0.0384. The van der Waals surface area contributed by atoms with Gasteiger partial charge in [0.25, 0.3) is 0 Å². The zero-order chi connectivity index (χ0) is 25.0. The average Bonchev–Trinajstić information content (AvgIpc) is 2.99. The molecule has 0 N–H and O–H groups in total. The number of benzene rings is 3. The molecule has 0 unspecified atom stereocenters. The van der Waals surface area contributed by atoms with Gasteiger partial charge in [0.05, 0.1) is 5.69 Å². The van der Waals surface area contributed by atoms with Crippen LogP contribution in [0.5, 0.6) is 5.75 Å². The molecule has 0 aliphatic carbocycles. The first-order valence-electron chi connectivity index (χ1n) is 12.0. The van der Waals surface area contributed by atoms with Gasteiger partial charge in [-0.2, -0.15) is 0 Å². The fourth-order valence-electron chi connectivity index (χ4n) is 4.49. The standard InChI is InChI=1S/C33H23N3O.Cs/c37-33-30(26-14-12-24(13-15-26)28-6-4-17-35-22-28)19-29(20-31(33)32-7-1-2-18-36-32)25-10-8-23(9-11-25)27-5-3-16-34-21-27;/h1-22,37H;/q;+1/p-1. The number of nitrogens with zero attached hydrogens (tertiary/aromatic N) is 3. The van der Waals surface area contributed by atoms with E-state index in [1.54, 1.807) is 18.6 Å². The van der Waals surface area contributed by atoms with Crippen LogP contribution < -0.4 is 74.0 Å². The van der Waals surface area contributed by atoms with E-state index in [-0.39, 0.29) is 74.6 Å². The van der Waals surface area contributed by atoms with E-state index in [4.69, 9.17) is 0 Å². The van der Waals surface area contributed by atoms with Gasteiger partial charge < -0.3 is 5.11 Å². The molecule has 6 rings (SSSR count). The van der Waals surface area contributed by atoms with Crippen molar-refractivity contribution in [2.75, 3.05) is 0 Å². The summed E-state index contributed by atoms with van der Waals surface area (Å²) in [6.07, 6.45) is 8.94. The van der Waals surface area contributed by atoms with Gasteiger partial charge in [0.1, 0.15) is 0 Å². The van der Waals surface area contributed by atoms with Crippen molar-refractivity contribution >= 4 is 0 Å². The summed E-state index contributed by atoms with van der Waals surface area (Å²) in [6.45, 7) is 0. The summed E-state index contributed by atoms with van der Waals surface area (Å²) in [7, 11) is 0. The summed E-state index contributed by atoms with van der Waals surface area (Å²) in [5, 5.41) is 13.7. The third-order valence-electron chi connectivity index (χ3n) is 6.43. The molecule has 0 fully saturated rings. The molecule has 0 aliphatic rings. The Morgan fingerprint density at radius 1 is 0.447 bits per heavy atom. The summed E-state index contributed by atoms with van der Waals surface area (Å²) in [6, 6.07) is 33.9. The van der Waals surface area contributed by atoms with E-state index < -0.39 is 0 Å². The van der Waals surface area contributed by atoms with Crippen LogP contribution in [0.3, 0.4) is 0 Å². The van der Waals surface area contributed by atoms with Gasteiger partial charge in [-0.15, -0.1) is 0 Å².